The van der Waals surface area contributed by atoms with Gasteiger partial charge in [-0.15, -0.1) is 0 Å². The molecule has 3 aromatic carbocycles. The van der Waals surface area contributed by atoms with E-state index in [4.69, 9.17) is 0 Å². The van der Waals surface area contributed by atoms with Crippen LogP contribution in [-0.2, 0) is 9.59 Å². The molecule has 3 aromatic rings. The van der Waals surface area contributed by atoms with Crippen LogP contribution in [0.2, 0.25) is 0 Å². The van der Waals surface area contributed by atoms with Crippen molar-refractivity contribution in [3.05, 3.63) is 99.0 Å². The minimum atomic E-state index is -0.876. The van der Waals surface area contributed by atoms with E-state index in [-0.39, 0.29) is 17.1 Å². The van der Waals surface area contributed by atoms with E-state index in [1.807, 2.05) is 26.0 Å². The Hall–Kier alpha value is -3.38. The van der Waals surface area contributed by atoms with Crippen LogP contribution in [0, 0.1) is 13.8 Å². The number of carbonyl (C=O) groups is 2. The van der Waals surface area contributed by atoms with Gasteiger partial charge in [0.05, 0.1) is 11.6 Å². The lowest BCUT2D eigenvalue weighted by molar-refractivity contribution is -0.132. The number of phenols is 1. The number of hydrogen-bond donors (Lipinski definition) is 2. The number of aryl methyl sites for hydroxylation is 2. The Morgan fingerprint density at radius 2 is 1.68 bits per heavy atom. The van der Waals surface area contributed by atoms with E-state index in [1.165, 1.54) is 17.0 Å². The van der Waals surface area contributed by atoms with Gasteiger partial charge in [0.2, 0.25) is 0 Å². The van der Waals surface area contributed by atoms with E-state index in [2.05, 4.69) is 15.9 Å². The maximum atomic E-state index is 13.1. The third-order valence-corrected chi connectivity index (χ3v) is 6.26. The molecule has 31 heavy (non-hydrogen) atoms. The Labute approximate surface area is 188 Å². The topological polar surface area (TPSA) is 77.8 Å². The van der Waals surface area contributed by atoms with Crippen LogP contribution in [0.1, 0.15) is 28.3 Å². The molecule has 1 aliphatic heterocycles. The molecule has 1 fully saturated rings. The van der Waals surface area contributed by atoms with Crippen molar-refractivity contribution in [2.45, 2.75) is 19.9 Å². The molecule has 1 unspecified atom stereocenters. The lowest BCUT2D eigenvalue weighted by Crippen LogP contribution is -2.29. The summed E-state index contributed by atoms with van der Waals surface area (Å²) >= 11 is 3.43. The van der Waals surface area contributed by atoms with E-state index in [1.54, 1.807) is 42.5 Å². The predicted octanol–water partition coefficient (Wildman–Crippen LogP) is 5.40. The van der Waals surface area contributed by atoms with Gasteiger partial charge >= 0.3 is 0 Å². The highest BCUT2D eigenvalue weighted by atomic mass is 79.9. The number of amides is 1. The fraction of sp³-hybridized carbons (Fsp3) is 0.120. The summed E-state index contributed by atoms with van der Waals surface area (Å²) in [7, 11) is 0. The number of nitrogens with zero attached hydrogens (tertiary/aromatic N) is 1. The van der Waals surface area contributed by atoms with Crippen LogP contribution in [0.5, 0.6) is 5.75 Å². The molecule has 6 heteroatoms. The van der Waals surface area contributed by atoms with Gasteiger partial charge in [-0.3, -0.25) is 14.5 Å². The average molecular weight is 478 g/mol. The Morgan fingerprint density at radius 1 is 0.968 bits per heavy atom. The molecule has 0 radical (unpaired) electrons. The number of halogens is 1. The molecule has 1 aliphatic rings. The van der Waals surface area contributed by atoms with Crippen molar-refractivity contribution in [2.75, 3.05) is 4.90 Å². The van der Waals surface area contributed by atoms with Crippen LogP contribution in [-0.4, -0.2) is 21.9 Å². The number of phenolic OH excluding ortho intramolecular Hbond substituents is 1. The van der Waals surface area contributed by atoms with E-state index >= 15 is 0 Å². The summed E-state index contributed by atoms with van der Waals surface area (Å²) in [6, 6.07) is 17.9. The second kappa shape index (κ2) is 8.04. The first kappa shape index (κ1) is 20.9. The maximum Gasteiger partial charge on any atom is 0.300 e. The van der Waals surface area contributed by atoms with Gasteiger partial charge in [0.25, 0.3) is 11.7 Å². The van der Waals surface area contributed by atoms with Gasteiger partial charge in [-0.25, -0.2) is 0 Å². The Bertz CT molecular complexity index is 1230. The highest BCUT2D eigenvalue weighted by Gasteiger charge is 2.47. The van der Waals surface area contributed by atoms with Gasteiger partial charge in [0.1, 0.15) is 11.5 Å². The number of hydrogen-bond acceptors (Lipinski definition) is 4. The second-order valence-electron chi connectivity index (χ2n) is 7.56. The highest BCUT2D eigenvalue weighted by molar-refractivity contribution is 9.10. The normalized spacial score (nSPS) is 17.9. The quantitative estimate of drug-likeness (QED) is 0.300. The van der Waals surface area contributed by atoms with E-state index in [0.29, 0.717) is 16.8 Å². The minimum absolute atomic E-state index is 0.00600. The number of Topliss-reactive ketones (excluding diaryl/α,β-unsaturated/α-hetero) is 1. The first-order valence-corrected chi connectivity index (χ1v) is 10.5. The largest absolute Gasteiger partial charge is 0.508 e. The van der Waals surface area contributed by atoms with Crippen molar-refractivity contribution < 1.29 is 19.8 Å². The second-order valence-corrected chi connectivity index (χ2v) is 8.42. The molecule has 2 N–H and O–H groups in total. The number of anilines is 1. The third kappa shape index (κ3) is 3.75. The molecule has 0 bridgehead atoms. The fourth-order valence-electron chi connectivity index (χ4n) is 3.76. The van der Waals surface area contributed by atoms with Crippen LogP contribution in [0.25, 0.3) is 5.76 Å². The molecule has 0 saturated carbocycles. The summed E-state index contributed by atoms with van der Waals surface area (Å²) < 4.78 is 0.869. The zero-order valence-electron chi connectivity index (χ0n) is 17.0. The number of rotatable bonds is 3. The van der Waals surface area contributed by atoms with Crippen molar-refractivity contribution in [3.63, 3.8) is 0 Å². The number of aromatic hydroxyl groups is 1. The zero-order valence-corrected chi connectivity index (χ0v) is 18.6. The summed E-state index contributed by atoms with van der Waals surface area (Å²) in [5.74, 6) is -1.75. The number of carbonyl (C=O) groups excluding carboxylic acids is 2. The van der Waals surface area contributed by atoms with Crippen molar-refractivity contribution in [3.8, 4) is 5.75 Å². The SMILES string of the molecule is Cc1ccc(N2C(=O)C(=O)/C(=C(\O)c3ccc(Br)c(C)c3)C2c2cccc(O)c2)cc1. The number of benzene rings is 3. The lowest BCUT2D eigenvalue weighted by atomic mass is 9.94. The molecular formula is C25H20BrNO4. The molecule has 0 spiro atoms. The van der Waals surface area contributed by atoms with Crippen LogP contribution < -0.4 is 4.90 Å². The molecule has 0 aromatic heterocycles. The average Bonchev–Trinajstić information content (AvgIpc) is 3.01. The van der Waals surface area contributed by atoms with Gasteiger partial charge in [-0.1, -0.05) is 51.8 Å². The molecule has 1 amide bonds. The van der Waals surface area contributed by atoms with Crippen LogP contribution in [0.3, 0.4) is 0 Å². The van der Waals surface area contributed by atoms with Gasteiger partial charge in [-0.05, 0) is 61.4 Å². The summed E-state index contributed by atoms with van der Waals surface area (Å²) in [6.07, 6.45) is 0. The Balaban J connectivity index is 1.96. The standard InChI is InChI=1S/C25H20BrNO4/c1-14-6-9-18(10-7-14)27-22(16-4-3-5-19(28)13-16)21(24(30)25(27)31)23(29)17-8-11-20(26)15(2)12-17/h3-13,22,28-29H,1-2H3/b23-21-. The number of ketones is 1. The zero-order chi connectivity index (χ0) is 22.3. The Kier molecular flexibility index (Phi) is 5.41. The van der Waals surface area contributed by atoms with E-state index in [0.717, 1.165) is 15.6 Å². The van der Waals surface area contributed by atoms with Crippen molar-refractivity contribution in [1.29, 1.82) is 0 Å². The minimum Gasteiger partial charge on any atom is -0.508 e. The van der Waals surface area contributed by atoms with Gasteiger partial charge in [-0.2, -0.15) is 0 Å². The molecule has 4 rings (SSSR count). The lowest BCUT2D eigenvalue weighted by Gasteiger charge is -2.25. The summed E-state index contributed by atoms with van der Waals surface area (Å²) in [5, 5.41) is 21.2. The summed E-state index contributed by atoms with van der Waals surface area (Å²) in [4.78, 5) is 27.6. The number of aliphatic hydroxyl groups is 1. The molecule has 1 heterocycles. The van der Waals surface area contributed by atoms with Gasteiger partial charge in [0, 0.05) is 15.7 Å². The molecule has 156 valence electrons. The predicted molar refractivity (Wildman–Crippen MR) is 123 cm³/mol. The van der Waals surface area contributed by atoms with E-state index in [9.17, 15) is 19.8 Å². The molecule has 1 atom stereocenters. The summed E-state index contributed by atoms with van der Waals surface area (Å²) in [5.41, 5.74) is 3.37. The highest BCUT2D eigenvalue weighted by Crippen LogP contribution is 2.43. The molecular weight excluding hydrogens is 458 g/mol. The molecule has 5 nitrogen and oxygen atoms in total. The third-order valence-electron chi connectivity index (χ3n) is 5.37. The fourth-order valence-corrected chi connectivity index (χ4v) is 4.01. The van der Waals surface area contributed by atoms with Crippen molar-refractivity contribution in [1.82, 2.24) is 0 Å². The molecule has 1 saturated heterocycles. The first-order valence-electron chi connectivity index (χ1n) is 9.71. The maximum absolute atomic E-state index is 13.1. The van der Waals surface area contributed by atoms with Crippen LogP contribution in [0.4, 0.5) is 5.69 Å². The number of aliphatic hydroxyl groups excluding tert-OH is 1. The van der Waals surface area contributed by atoms with Gasteiger partial charge < -0.3 is 10.2 Å². The smallest absolute Gasteiger partial charge is 0.300 e. The first-order chi connectivity index (χ1) is 14.8. The van der Waals surface area contributed by atoms with Crippen LogP contribution >= 0.6 is 15.9 Å². The Morgan fingerprint density at radius 3 is 2.32 bits per heavy atom. The van der Waals surface area contributed by atoms with Crippen LogP contribution in [0.15, 0.2) is 76.8 Å². The summed E-state index contributed by atoms with van der Waals surface area (Å²) in [6.45, 7) is 3.80. The van der Waals surface area contributed by atoms with Crippen molar-refractivity contribution >= 4 is 39.1 Å². The monoisotopic (exact) mass is 477 g/mol. The molecule has 0 aliphatic carbocycles. The van der Waals surface area contributed by atoms with Gasteiger partial charge in [0.15, 0.2) is 0 Å². The van der Waals surface area contributed by atoms with Crippen molar-refractivity contribution in [2.24, 2.45) is 0 Å². The van der Waals surface area contributed by atoms with E-state index < -0.39 is 17.7 Å².